The van der Waals surface area contributed by atoms with Gasteiger partial charge in [0, 0.05) is 19.3 Å². The van der Waals surface area contributed by atoms with E-state index < -0.39 is 0 Å². The van der Waals surface area contributed by atoms with Gasteiger partial charge in [-0.3, -0.25) is 0 Å². The second-order valence-corrected chi connectivity index (χ2v) is 4.91. The number of rotatable bonds is 3. The van der Waals surface area contributed by atoms with Gasteiger partial charge in [0.25, 0.3) is 0 Å². The lowest BCUT2D eigenvalue weighted by Crippen LogP contribution is -2.34. The third-order valence-electron chi connectivity index (χ3n) is 3.47. The number of nitrogens with one attached hydrogen (secondary N) is 1. The average Bonchev–Trinajstić information content (AvgIpc) is 2.31. The topological polar surface area (TPSA) is 15.3 Å². The summed E-state index contributed by atoms with van der Waals surface area (Å²) in [7, 11) is 2.20. The Morgan fingerprint density at radius 2 is 1.81 bits per heavy atom. The van der Waals surface area contributed by atoms with Crippen LogP contribution < -0.4 is 10.2 Å². The second-order valence-electron chi connectivity index (χ2n) is 4.91. The number of hydrogen-bond acceptors (Lipinski definition) is 2. The van der Waals surface area contributed by atoms with Gasteiger partial charge >= 0.3 is 0 Å². The van der Waals surface area contributed by atoms with Gasteiger partial charge in [-0.25, -0.2) is 0 Å². The average molecular weight is 218 g/mol. The SMILES string of the molecule is Cc1ccc(N(C)CC2CCNCC2)cc1. The van der Waals surface area contributed by atoms with Crippen molar-refractivity contribution in [1.29, 1.82) is 0 Å². The minimum absolute atomic E-state index is 0.854. The van der Waals surface area contributed by atoms with Gasteiger partial charge in [-0.2, -0.15) is 0 Å². The molecule has 0 bridgehead atoms. The predicted octanol–water partition coefficient (Wildman–Crippen LogP) is 2.43. The zero-order chi connectivity index (χ0) is 11.4. The fourth-order valence-electron chi connectivity index (χ4n) is 2.36. The van der Waals surface area contributed by atoms with Gasteiger partial charge in [0.2, 0.25) is 0 Å². The van der Waals surface area contributed by atoms with Crippen LogP contribution in [0.4, 0.5) is 5.69 Å². The van der Waals surface area contributed by atoms with Crippen LogP contribution in [-0.4, -0.2) is 26.7 Å². The van der Waals surface area contributed by atoms with Crippen LogP contribution in [-0.2, 0) is 0 Å². The van der Waals surface area contributed by atoms with Crippen LogP contribution in [0.15, 0.2) is 24.3 Å². The molecule has 0 atom stereocenters. The highest BCUT2D eigenvalue weighted by atomic mass is 15.1. The minimum atomic E-state index is 0.854. The van der Waals surface area contributed by atoms with E-state index in [1.54, 1.807) is 0 Å². The Morgan fingerprint density at radius 3 is 2.44 bits per heavy atom. The number of aryl methyl sites for hydroxylation is 1. The molecule has 2 nitrogen and oxygen atoms in total. The lowest BCUT2D eigenvalue weighted by molar-refractivity contribution is 0.378. The molecule has 0 radical (unpaired) electrons. The van der Waals surface area contributed by atoms with Crippen molar-refractivity contribution in [3.63, 3.8) is 0 Å². The third-order valence-corrected chi connectivity index (χ3v) is 3.47. The highest BCUT2D eigenvalue weighted by Crippen LogP contribution is 2.18. The molecular weight excluding hydrogens is 196 g/mol. The Labute approximate surface area is 98.7 Å². The lowest BCUT2D eigenvalue weighted by Gasteiger charge is -2.28. The van der Waals surface area contributed by atoms with Gasteiger partial charge in [0.1, 0.15) is 0 Å². The molecule has 1 aromatic carbocycles. The molecule has 0 spiro atoms. The van der Waals surface area contributed by atoms with Gasteiger partial charge in [-0.05, 0) is 50.9 Å². The largest absolute Gasteiger partial charge is 0.374 e. The maximum Gasteiger partial charge on any atom is 0.0363 e. The summed E-state index contributed by atoms with van der Waals surface area (Å²) in [6.07, 6.45) is 2.63. The summed E-state index contributed by atoms with van der Waals surface area (Å²) in [6, 6.07) is 8.81. The molecule has 88 valence electrons. The molecule has 0 amide bonds. The predicted molar refractivity (Wildman–Crippen MR) is 70.0 cm³/mol. The fourth-order valence-corrected chi connectivity index (χ4v) is 2.36. The summed E-state index contributed by atoms with van der Waals surface area (Å²) in [5.41, 5.74) is 2.67. The van der Waals surface area contributed by atoms with E-state index >= 15 is 0 Å². The zero-order valence-electron chi connectivity index (χ0n) is 10.4. The van der Waals surface area contributed by atoms with E-state index in [0.29, 0.717) is 0 Å². The first kappa shape index (κ1) is 11.5. The molecular formula is C14H22N2. The van der Waals surface area contributed by atoms with Crippen molar-refractivity contribution in [1.82, 2.24) is 5.32 Å². The number of anilines is 1. The van der Waals surface area contributed by atoms with Crippen LogP contribution in [0.3, 0.4) is 0 Å². The van der Waals surface area contributed by atoms with E-state index in [0.717, 1.165) is 5.92 Å². The molecule has 1 heterocycles. The summed E-state index contributed by atoms with van der Waals surface area (Å²) in [5, 5.41) is 3.42. The van der Waals surface area contributed by atoms with Crippen LogP contribution >= 0.6 is 0 Å². The summed E-state index contributed by atoms with van der Waals surface area (Å²) in [6.45, 7) is 5.69. The van der Waals surface area contributed by atoms with E-state index in [9.17, 15) is 0 Å². The van der Waals surface area contributed by atoms with Crippen LogP contribution in [0.1, 0.15) is 18.4 Å². The summed E-state index contributed by atoms with van der Waals surface area (Å²) in [5.74, 6) is 0.854. The highest BCUT2D eigenvalue weighted by Gasteiger charge is 2.14. The summed E-state index contributed by atoms with van der Waals surface area (Å²) in [4.78, 5) is 2.38. The van der Waals surface area contributed by atoms with Crippen molar-refractivity contribution < 1.29 is 0 Å². The van der Waals surface area contributed by atoms with Crippen molar-refractivity contribution >= 4 is 5.69 Å². The molecule has 1 N–H and O–H groups in total. The Bertz CT molecular complexity index is 312. The molecule has 0 saturated carbocycles. The van der Waals surface area contributed by atoms with Gasteiger partial charge in [-0.15, -0.1) is 0 Å². The van der Waals surface area contributed by atoms with Crippen molar-refractivity contribution in [2.24, 2.45) is 5.92 Å². The molecule has 1 aromatic rings. The molecule has 1 fully saturated rings. The molecule has 2 rings (SSSR count). The van der Waals surface area contributed by atoms with Crippen molar-refractivity contribution in [2.75, 3.05) is 31.6 Å². The van der Waals surface area contributed by atoms with E-state index in [1.165, 1.54) is 43.7 Å². The fraction of sp³-hybridized carbons (Fsp3) is 0.571. The Balaban J connectivity index is 1.91. The maximum atomic E-state index is 3.42. The monoisotopic (exact) mass is 218 g/mol. The smallest absolute Gasteiger partial charge is 0.0363 e. The van der Waals surface area contributed by atoms with E-state index in [-0.39, 0.29) is 0 Å². The standard InChI is InChI=1S/C14H22N2/c1-12-3-5-14(6-4-12)16(2)11-13-7-9-15-10-8-13/h3-6,13,15H,7-11H2,1-2H3. The van der Waals surface area contributed by atoms with Gasteiger partial charge in [-0.1, -0.05) is 17.7 Å². The van der Waals surface area contributed by atoms with Crippen LogP contribution in [0.5, 0.6) is 0 Å². The summed E-state index contributed by atoms with van der Waals surface area (Å²) < 4.78 is 0. The van der Waals surface area contributed by atoms with Crippen molar-refractivity contribution in [3.8, 4) is 0 Å². The third kappa shape index (κ3) is 2.99. The van der Waals surface area contributed by atoms with Crippen molar-refractivity contribution in [3.05, 3.63) is 29.8 Å². The van der Waals surface area contributed by atoms with E-state index in [4.69, 9.17) is 0 Å². The maximum absolute atomic E-state index is 3.42. The first-order valence-electron chi connectivity index (χ1n) is 6.24. The molecule has 2 heteroatoms. The second kappa shape index (κ2) is 5.35. The number of hydrogen-bond donors (Lipinski definition) is 1. The number of benzene rings is 1. The highest BCUT2D eigenvalue weighted by molar-refractivity contribution is 5.46. The zero-order valence-corrected chi connectivity index (χ0v) is 10.4. The van der Waals surface area contributed by atoms with Crippen LogP contribution in [0, 0.1) is 12.8 Å². The Kier molecular flexibility index (Phi) is 3.83. The number of nitrogens with zero attached hydrogens (tertiary/aromatic N) is 1. The molecule has 1 aliphatic heterocycles. The van der Waals surface area contributed by atoms with Crippen LogP contribution in [0.25, 0.3) is 0 Å². The normalized spacial score (nSPS) is 17.4. The minimum Gasteiger partial charge on any atom is -0.374 e. The molecule has 1 aliphatic rings. The van der Waals surface area contributed by atoms with E-state index in [1.807, 2.05) is 0 Å². The molecule has 16 heavy (non-hydrogen) atoms. The quantitative estimate of drug-likeness (QED) is 0.838. The molecule has 0 aromatic heterocycles. The van der Waals surface area contributed by atoms with Gasteiger partial charge in [0.05, 0.1) is 0 Å². The van der Waals surface area contributed by atoms with Crippen molar-refractivity contribution in [2.45, 2.75) is 19.8 Å². The first-order chi connectivity index (χ1) is 7.75. The summed E-state index contributed by atoms with van der Waals surface area (Å²) >= 11 is 0. The van der Waals surface area contributed by atoms with E-state index in [2.05, 4.69) is 48.5 Å². The van der Waals surface area contributed by atoms with Gasteiger partial charge in [0.15, 0.2) is 0 Å². The number of piperidine rings is 1. The molecule has 0 unspecified atom stereocenters. The molecule has 0 aliphatic carbocycles. The molecule has 1 saturated heterocycles. The Morgan fingerprint density at radius 1 is 1.19 bits per heavy atom. The van der Waals surface area contributed by atoms with Crippen LogP contribution in [0.2, 0.25) is 0 Å². The lowest BCUT2D eigenvalue weighted by atomic mass is 9.97. The first-order valence-corrected chi connectivity index (χ1v) is 6.24. The van der Waals surface area contributed by atoms with Gasteiger partial charge < -0.3 is 10.2 Å². The Hall–Kier alpha value is -1.02.